The number of ether oxygens (including phenoxy) is 1. The lowest BCUT2D eigenvalue weighted by Crippen LogP contribution is -2.52. The second-order valence-electron chi connectivity index (χ2n) is 7.24. The third-order valence-electron chi connectivity index (χ3n) is 5.56. The minimum absolute atomic E-state index is 0.0593. The fourth-order valence-electron chi connectivity index (χ4n) is 4.02. The molecule has 1 amide bonds. The lowest BCUT2D eigenvalue weighted by atomic mass is 9.79. The molecule has 3 atom stereocenters. The van der Waals surface area contributed by atoms with Crippen LogP contribution in [0.1, 0.15) is 42.1 Å². The second-order valence-corrected chi connectivity index (χ2v) is 7.24. The summed E-state index contributed by atoms with van der Waals surface area (Å²) in [5, 5.41) is 13.4. The summed E-state index contributed by atoms with van der Waals surface area (Å²) in [7, 11) is 1.64. The number of carbonyl (C=O) groups excluding carboxylic acids is 1. The first-order chi connectivity index (χ1) is 11.5. The second kappa shape index (κ2) is 7.21. The largest absolute Gasteiger partial charge is 0.390 e. The molecule has 2 aliphatic heterocycles. The van der Waals surface area contributed by atoms with E-state index in [0.717, 1.165) is 25.9 Å². The van der Waals surface area contributed by atoms with Gasteiger partial charge in [0.1, 0.15) is 0 Å². The Morgan fingerprint density at radius 1 is 1.42 bits per heavy atom. The number of hydrogen-bond acceptors (Lipinski definition) is 4. The van der Waals surface area contributed by atoms with Crippen molar-refractivity contribution in [1.29, 1.82) is 0 Å². The molecule has 0 saturated carbocycles. The zero-order valence-electron chi connectivity index (χ0n) is 14.6. The fourth-order valence-corrected chi connectivity index (χ4v) is 4.02. The number of amides is 1. The van der Waals surface area contributed by atoms with Gasteiger partial charge in [0.25, 0.3) is 5.91 Å². The van der Waals surface area contributed by atoms with E-state index < -0.39 is 5.60 Å². The first kappa shape index (κ1) is 17.4. The highest BCUT2D eigenvalue weighted by Crippen LogP contribution is 2.36. The van der Waals surface area contributed by atoms with Gasteiger partial charge in [-0.3, -0.25) is 9.69 Å². The van der Waals surface area contributed by atoms with Gasteiger partial charge in [0.2, 0.25) is 0 Å². The Hall–Kier alpha value is -1.43. The maximum absolute atomic E-state index is 11.6. The van der Waals surface area contributed by atoms with E-state index in [2.05, 4.69) is 10.2 Å². The van der Waals surface area contributed by atoms with E-state index >= 15 is 0 Å². The SMILES string of the molecule is CNC(=O)c1ccc(CN2CCC[C@@H]2[C@H]2COCC[C@]2(C)O)cc1. The van der Waals surface area contributed by atoms with Crippen LogP contribution in [0, 0.1) is 5.92 Å². The van der Waals surface area contributed by atoms with Gasteiger partial charge in [0.15, 0.2) is 0 Å². The fraction of sp³-hybridized carbons (Fsp3) is 0.632. The topological polar surface area (TPSA) is 61.8 Å². The van der Waals surface area contributed by atoms with Gasteiger partial charge in [-0.15, -0.1) is 0 Å². The van der Waals surface area contributed by atoms with Crippen LogP contribution >= 0.6 is 0 Å². The number of aliphatic hydroxyl groups is 1. The van der Waals surface area contributed by atoms with Crippen molar-refractivity contribution in [3.63, 3.8) is 0 Å². The molecular formula is C19H28N2O3. The molecule has 0 aliphatic carbocycles. The van der Waals surface area contributed by atoms with Crippen LogP contribution in [-0.4, -0.2) is 54.4 Å². The van der Waals surface area contributed by atoms with E-state index in [1.54, 1.807) is 7.05 Å². The van der Waals surface area contributed by atoms with Gasteiger partial charge in [-0.25, -0.2) is 0 Å². The molecule has 24 heavy (non-hydrogen) atoms. The molecule has 0 aromatic heterocycles. The normalized spacial score (nSPS) is 31.1. The van der Waals surface area contributed by atoms with Gasteiger partial charge in [0, 0.05) is 37.7 Å². The van der Waals surface area contributed by atoms with E-state index in [9.17, 15) is 9.90 Å². The van der Waals surface area contributed by atoms with Crippen LogP contribution in [0.3, 0.4) is 0 Å². The van der Waals surface area contributed by atoms with Crippen molar-refractivity contribution in [2.75, 3.05) is 26.8 Å². The quantitative estimate of drug-likeness (QED) is 0.883. The number of likely N-dealkylation sites (tertiary alicyclic amines) is 1. The standard InChI is InChI=1S/C19H28N2O3/c1-19(23)9-11-24-13-16(19)17-4-3-10-21(17)12-14-5-7-15(8-6-14)18(22)20-2/h5-8,16-17,23H,3-4,9-13H2,1-2H3,(H,20,22)/t16-,17-,19+/m1/s1. The molecule has 5 heteroatoms. The Morgan fingerprint density at radius 2 is 2.17 bits per heavy atom. The first-order valence-electron chi connectivity index (χ1n) is 8.86. The summed E-state index contributed by atoms with van der Waals surface area (Å²) in [5.41, 5.74) is 1.24. The van der Waals surface area contributed by atoms with Crippen molar-refractivity contribution in [3.05, 3.63) is 35.4 Å². The summed E-state index contributed by atoms with van der Waals surface area (Å²) in [6.07, 6.45) is 2.98. The summed E-state index contributed by atoms with van der Waals surface area (Å²) in [6.45, 7) is 5.15. The minimum atomic E-state index is -0.644. The third-order valence-corrected chi connectivity index (χ3v) is 5.56. The van der Waals surface area contributed by atoms with E-state index in [-0.39, 0.29) is 11.8 Å². The van der Waals surface area contributed by atoms with Crippen LogP contribution in [0.25, 0.3) is 0 Å². The minimum Gasteiger partial charge on any atom is -0.390 e. The lowest BCUT2D eigenvalue weighted by molar-refractivity contribution is -0.123. The summed E-state index contributed by atoms with van der Waals surface area (Å²) < 4.78 is 5.65. The van der Waals surface area contributed by atoms with Crippen LogP contribution in [0.2, 0.25) is 0 Å². The number of carbonyl (C=O) groups is 1. The molecule has 2 heterocycles. The number of hydrogen-bond donors (Lipinski definition) is 2. The summed E-state index contributed by atoms with van der Waals surface area (Å²) in [6, 6.07) is 8.15. The van der Waals surface area contributed by atoms with E-state index in [4.69, 9.17) is 4.74 Å². The molecule has 2 N–H and O–H groups in total. The predicted octanol–water partition coefficient (Wildman–Crippen LogP) is 1.80. The molecule has 2 fully saturated rings. The highest BCUT2D eigenvalue weighted by Gasteiger charge is 2.43. The smallest absolute Gasteiger partial charge is 0.251 e. The van der Waals surface area contributed by atoms with E-state index in [1.165, 1.54) is 5.56 Å². The Balaban J connectivity index is 1.68. The molecule has 1 aromatic rings. The van der Waals surface area contributed by atoms with Crippen molar-refractivity contribution in [1.82, 2.24) is 10.2 Å². The monoisotopic (exact) mass is 332 g/mol. The van der Waals surface area contributed by atoms with Gasteiger partial charge >= 0.3 is 0 Å². The van der Waals surface area contributed by atoms with Gasteiger partial charge in [-0.2, -0.15) is 0 Å². The lowest BCUT2D eigenvalue weighted by Gasteiger charge is -2.43. The van der Waals surface area contributed by atoms with Gasteiger partial charge in [-0.1, -0.05) is 12.1 Å². The average molecular weight is 332 g/mol. The van der Waals surface area contributed by atoms with Gasteiger partial charge in [0.05, 0.1) is 12.2 Å². The molecule has 0 bridgehead atoms. The molecule has 2 saturated heterocycles. The average Bonchev–Trinajstić information content (AvgIpc) is 3.02. The van der Waals surface area contributed by atoms with Crippen molar-refractivity contribution in [2.45, 2.75) is 44.4 Å². The van der Waals surface area contributed by atoms with Gasteiger partial charge in [-0.05, 0) is 50.4 Å². The molecule has 2 aliphatic rings. The Bertz CT molecular complexity index is 570. The summed E-state index contributed by atoms with van der Waals surface area (Å²) >= 11 is 0. The number of benzene rings is 1. The first-order valence-corrected chi connectivity index (χ1v) is 8.86. The maximum Gasteiger partial charge on any atom is 0.251 e. The Kier molecular flexibility index (Phi) is 5.23. The number of rotatable bonds is 4. The maximum atomic E-state index is 11.6. The van der Waals surface area contributed by atoms with E-state index in [1.807, 2.05) is 31.2 Å². The van der Waals surface area contributed by atoms with Crippen LogP contribution in [0.4, 0.5) is 0 Å². The zero-order chi connectivity index (χ0) is 17.2. The van der Waals surface area contributed by atoms with Gasteiger partial charge < -0.3 is 15.2 Å². The number of nitrogens with zero attached hydrogens (tertiary/aromatic N) is 1. The van der Waals surface area contributed by atoms with Crippen LogP contribution < -0.4 is 5.32 Å². The van der Waals surface area contributed by atoms with Crippen LogP contribution in [0.5, 0.6) is 0 Å². The molecule has 0 radical (unpaired) electrons. The Labute approximate surface area is 144 Å². The molecule has 3 rings (SSSR count). The molecule has 0 unspecified atom stereocenters. The zero-order valence-corrected chi connectivity index (χ0v) is 14.6. The molecule has 1 aromatic carbocycles. The molecule has 5 nitrogen and oxygen atoms in total. The van der Waals surface area contributed by atoms with Crippen molar-refractivity contribution in [2.24, 2.45) is 5.92 Å². The molecular weight excluding hydrogens is 304 g/mol. The van der Waals surface area contributed by atoms with Crippen LogP contribution in [-0.2, 0) is 11.3 Å². The third kappa shape index (κ3) is 3.63. The van der Waals surface area contributed by atoms with Crippen LogP contribution in [0.15, 0.2) is 24.3 Å². The number of nitrogens with one attached hydrogen (secondary N) is 1. The summed E-state index contributed by atoms with van der Waals surface area (Å²) in [5.74, 6) is 0.106. The highest BCUT2D eigenvalue weighted by molar-refractivity contribution is 5.93. The molecule has 132 valence electrons. The molecule has 0 spiro atoms. The highest BCUT2D eigenvalue weighted by atomic mass is 16.5. The van der Waals surface area contributed by atoms with Crippen molar-refractivity contribution < 1.29 is 14.6 Å². The Morgan fingerprint density at radius 3 is 2.83 bits per heavy atom. The van der Waals surface area contributed by atoms with E-state index in [0.29, 0.717) is 31.2 Å². The van der Waals surface area contributed by atoms with Crippen molar-refractivity contribution >= 4 is 5.91 Å². The summed E-state index contributed by atoms with van der Waals surface area (Å²) in [4.78, 5) is 14.1. The predicted molar refractivity (Wildman–Crippen MR) is 92.8 cm³/mol. The van der Waals surface area contributed by atoms with Crippen molar-refractivity contribution in [3.8, 4) is 0 Å².